The molecule has 18 heavy (non-hydrogen) atoms. The summed E-state index contributed by atoms with van der Waals surface area (Å²) < 4.78 is 0. The van der Waals surface area contributed by atoms with E-state index >= 15 is 0 Å². The first-order chi connectivity index (χ1) is 8.75. The molecule has 3 heteroatoms. The number of fused-ring (bicyclic) bond motifs is 1. The van der Waals surface area contributed by atoms with Crippen LogP contribution in [0.3, 0.4) is 0 Å². The Bertz CT molecular complexity index is 594. The Hall–Kier alpha value is -2.03. The number of hydrogen-bond donors (Lipinski definition) is 1. The summed E-state index contributed by atoms with van der Waals surface area (Å²) in [5.41, 5.74) is 1.01. The Morgan fingerprint density at radius 3 is 2.72 bits per heavy atom. The minimum Gasteiger partial charge on any atom is -0.480 e. The molecule has 2 aromatic carbocycles. The fourth-order valence-corrected chi connectivity index (χ4v) is 2.69. The predicted octanol–water partition coefficient (Wildman–Crippen LogP) is 2.89. The maximum absolute atomic E-state index is 11.2. The highest BCUT2D eigenvalue weighted by molar-refractivity contribution is 5.87. The van der Waals surface area contributed by atoms with Gasteiger partial charge in [0.05, 0.1) is 0 Å². The molecule has 2 aromatic rings. The van der Waals surface area contributed by atoms with Crippen LogP contribution >= 0.6 is 0 Å². The summed E-state index contributed by atoms with van der Waals surface area (Å²) in [7, 11) is 0. The van der Waals surface area contributed by atoms with Gasteiger partial charge in [-0.3, -0.25) is 0 Å². The van der Waals surface area contributed by atoms with Gasteiger partial charge >= 0.3 is 5.97 Å². The van der Waals surface area contributed by atoms with Crippen molar-refractivity contribution in [2.75, 3.05) is 11.4 Å². The highest BCUT2D eigenvalue weighted by atomic mass is 16.4. The van der Waals surface area contributed by atoms with Gasteiger partial charge in [0.1, 0.15) is 6.04 Å². The summed E-state index contributed by atoms with van der Waals surface area (Å²) >= 11 is 0. The standard InChI is InChI=1S/C15H15NO2/c17-15(18)14-6-3-9-16(14)13-8-7-11-4-1-2-5-12(11)10-13/h1-2,4-5,7-8,10,14H,3,6,9H2,(H,17,18)/t14-/m0/s1. The molecule has 0 unspecified atom stereocenters. The molecule has 0 bridgehead atoms. The predicted molar refractivity (Wildman–Crippen MR) is 72.0 cm³/mol. The van der Waals surface area contributed by atoms with E-state index in [0.29, 0.717) is 0 Å². The van der Waals surface area contributed by atoms with Gasteiger partial charge in [0.25, 0.3) is 0 Å². The van der Waals surface area contributed by atoms with Crippen LogP contribution in [0.2, 0.25) is 0 Å². The van der Waals surface area contributed by atoms with Crippen molar-refractivity contribution in [1.82, 2.24) is 0 Å². The summed E-state index contributed by atoms with van der Waals surface area (Å²) in [6, 6.07) is 13.9. The van der Waals surface area contributed by atoms with E-state index in [0.717, 1.165) is 30.5 Å². The molecule has 92 valence electrons. The van der Waals surface area contributed by atoms with Gasteiger partial charge in [-0.05, 0) is 35.7 Å². The first kappa shape index (κ1) is 11.1. The largest absolute Gasteiger partial charge is 0.480 e. The van der Waals surface area contributed by atoms with Gasteiger partial charge in [-0.2, -0.15) is 0 Å². The van der Waals surface area contributed by atoms with Crippen LogP contribution in [-0.4, -0.2) is 23.7 Å². The number of aliphatic carboxylic acids is 1. The van der Waals surface area contributed by atoms with E-state index in [-0.39, 0.29) is 6.04 Å². The lowest BCUT2D eigenvalue weighted by molar-refractivity contribution is -0.138. The smallest absolute Gasteiger partial charge is 0.326 e. The number of benzene rings is 2. The van der Waals surface area contributed by atoms with Crippen LogP contribution in [0.1, 0.15) is 12.8 Å². The number of rotatable bonds is 2. The van der Waals surface area contributed by atoms with Crippen LogP contribution in [0.15, 0.2) is 42.5 Å². The lowest BCUT2D eigenvalue weighted by Gasteiger charge is -2.24. The maximum Gasteiger partial charge on any atom is 0.326 e. The van der Waals surface area contributed by atoms with Crippen molar-refractivity contribution >= 4 is 22.4 Å². The molecule has 3 rings (SSSR count). The van der Waals surface area contributed by atoms with Crippen LogP contribution in [0.4, 0.5) is 5.69 Å². The van der Waals surface area contributed by atoms with Crippen LogP contribution in [0, 0.1) is 0 Å². The number of anilines is 1. The fourth-order valence-electron chi connectivity index (χ4n) is 2.69. The molecule has 0 aliphatic carbocycles. The van der Waals surface area contributed by atoms with E-state index in [1.165, 1.54) is 5.39 Å². The fraction of sp³-hybridized carbons (Fsp3) is 0.267. The number of carboxylic acid groups (broad SMARTS) is 1. The molecular formula is C15H15NO2. The van der Waals surface area contributed by atoms with Gasteiger partial charge in [-0.25, -0.2) is 4.79 Å². The van der Waals surface area contributed by atoms with E-state index in [2.05, 4.69) is 24.3 Å². The van der Waals surface area contributed by atoms with E-state index in [1.807, 2.05) is 23.1 Å². The molecule has 1 saturated heterocycles. The molecule has 0 saturated carbocycles. The van der Waals surface area contributed by atoms with Crippen LogP contribution < -0.4 is 4.90 Å². The van der Waals surface area contributed by atoms with Crippen molar-refractivity contribution in [1.29, 1.82) is 0 Å². The monoisotopic (exact) mass is 241 g/mol. The molecule has 3 nitrogen and oxygen atoms in total. The second-order valence-electron chi connectivity index (χ2n) is 4.72. The summed E-state index contributed by atoms with van der Waals surface area (Å²) in [6.07, 6.45) is 1.69. The van der Waals surface area contributed by atoms with Gasteiger partial charge in [-0.1, -0.05) is 30.3 Å². The van der Waals surface area contributed by atoms with Gasteiger partial charge < -0.3 is 10.0 Å². The zero-order chi connectivity index (χ0) is 12.5. The summed E-state index contributed by atoms with van der Waals surface area (Å²) in [4.78, 5) is 13.2. The van der Waals surface area contributed by atoms with Crippen LogP contribution in [0.5, 0.6) is 0 Å². The Morgan fingerprint density at radius 1 is 1.17 bits per heavy atom. The number of carbonyl (C=O) groups is 1. The number of nitrogens with zero attached hydrogens (tertiary/aromatic N) is 1. The zero-order valence-corrected chi connectivity index (χ0v) is 10.0. The van der Waals surface area contributed by atoms with Crippen molar-refractivity contribution in [3.05, 3.63) is 42.5 Å². The van der Waals surface area contributed by atoms with Gasteiger partial charge in [0.15, 0.2) is 0 Å². The van der Waals surface area contributed by atoms with Crippen molar-refractivity contribution < 1.29 is 9.90 Å². The van der Waals surface area contributed by atoms with E-state index in [4.69, 9.17) is 0 Å². The van der Waals surface area contributed by atoms with Crippen molar-refractivity contribution in [2.24, 2.45) is 0 Å². The Labute approximate surface area is 106 Å². The third-order valence-corrected chi connectivity index (χ3v) is 3.60. The second-order valence-corrected chi connectivity index (χ2v) is 4.72. The minimum absolute atomic E-state index is 0.369. The Morgan fingerprint density at radius 2 is 1.94 bits per heavy atom. The molecule has 0 aromatic heterocycles. The molecule has 0 spiro atoms. The van der Waals surface area contributed by atoms with Crippen molar-refractivity contribution in [3.63, 3.8) is 0 Å². The first-order valence-corrected chi connectivity index (χ1v) is 6.24. The molecular weight excluding hydrogens is 226 g/mol. The number of carboxylic acids is 1. The second kappa shape index (κ2) is 4.33. The highest BCUT2D eigenvalue weighted by Crippen LogP contribution is 2.28. The lowest BCUT2D eigenvalue weighted by Crippen LogP contribution is -2.35. The normalized spacial score (nSPS) is 19.3. The molecule has 0 radical (unpaired) electrons. The molecule has 0 amide bonds. The molecule has 1 N–H and O–H groups in total. The average Bonchev–Trinajstić information content (AvgIpc) is 2.87. The van der Waals surface area contributed by atoms with Crippen molar-refractivity contribution in [3.8, 4) is 0 Å². The summed E-state index contributed by atoms with van der Waals surface area (Å²) in [5, 5.41) is 11.6. The van der Waals surface area contributed by atoms with Crippen LogP contribution in [-0.2, 0) is 4.79 Å². The molecule has 1 atom stereocenters. The van der Waals surface area contributed by atoms with Gasteiger partial charge in [0.2, 0.25) is 0 Å². The highest BCUT2D eigenvalue weighted by Gasteiger charge is 2.30. The Balaban J connectivity index is 2.01. The molecule has 1 aliphatic rings. The van der Waals surface area contributed by atoms with Gasteiger partial charge in [-0.15, -0.1) is 0 Å². The lowest BCUT2D eigenvalue weighted by atomic mass is 10.1. The third-order valence-electron chi connectivity index (χ3n) is 3.60. The van der Waals surface area contributed by atoms with Crippen molar-refractivity contribution in [2.45, 2.75) is 18.9 Å². The first-order valence-electron chi connectivity index (χ1n) is 6.24. The zero-order valence-electron chi connectivity index (χ0n) is 10.0. The SMILES string of the molecule is O=C(O)[C@@H]1CCCN1c1ccc2ccccc2c1. The minimum atomic E-state index is -0.722. The molecule has 1 fully saturated rings. The average molecular weight is 241 g/mol. The van der Waals surface area contributed by atoms with E-state index < -0.39 is 5.97 Å². The summed E-state index contributed by atoms with van der Waals surface area (Å²) in [5.74, 6) is -0.722. The van der Waals surface area contributed by atoms with E-state index in [1.54, 1.807) is 0 Å². The van der Waals surface area contributed by atoms with E-state index in [9.17, 15) is 9.90 Å². The quantitative estimate of drug-likeness (QED) is 0.878. The van der Waals surface area contributed by atoms with Crippen LogP contribution in [0.25, 0.3) is 10.8 Å². The topological polar surface area (TPSA) is 40.5 Å². The number of hydrogen-bond acceptors (Lipinski definition) is 2. The maximum atomic E-state index is 11.2. The molecule has 1 heterocycles. The van der Waals surface area contributed by atoms with Gasteiger partial charge in [0, 0.05) is 12.2 Å². The molecule has 1 aliphatic heterocycles. The Kier molecular flexibility index (Phi) is 2.67. The summed E-state index contributed by atoms with van der Waals surface area (Å²) in [6.45, 7) is 0.829. The third kappa shape index (κ3) is 1.82.